The van der Waals surface area contributed by atoms with Crippen molar-refractivity contribution in [3.05, 3.63) is 41.5 Å². The van der Waals surface area contributed by atoms with Crippen LogP contribution in [0.3, 0.4) is 0 Å². The van der Waals surface area contributed by atoms with Crippen molar-refractivity contribution in [1.82, 2.24) is 15.5 Å². The lowest BCUT2D eigenvalue weighted by Crippen LogP contribution is -2.31. The quantitative estimate of drug-likeness (QED) is 0.864. The fourth-order valence-corrected chi connectivity index (χ4v) is 1.59. The van der Waals surface area contributed by atoms with E-state index in [1.807, 2.05) is 24.3 Å². The molecule has 1 aromatic heterocycles. The van der Waals surface area contributed by atoms with Crippen LogP contribution in [0.4, 0.5) is 0 Å². The van der Waals surface area contributed by atoms with Crippen LogP contribution in [0.15, 0.2) is 28.8 Å². The zero-order valence-electron chi connectivity index (χ0n) is 11.5. The highest BCUT2D eigenvalue weighted by molar-refractivity contribution is 5.26. The molecule has 19 heavy (non-hydrogen) atoms. The minimum Gasteiger partial charge on any atom is -0.492 e. The fourth-order valence-electron chi connectivity index (χ4n) is 1.59. The average molecular weight is 261 g/mol. The number of aryl methyl sites for hydroxylation is 2. The normalized spacial score (nSPS) is 12.4. The van der Waals surface area contributed by atoms with Crippen molar-refractivity contribution in [2.24, 2.45) is 0 Å². The van der Waals surface area contributed by atoms with Crippen LogP contribution in [0.1, 0.15) is 24.2 Å². The number of nitrogens with zero attached hydrogens (tertiary/aromatic N) is 2. The Bertz CT molecular complexity index is 508. The first-order chi connectivity index (χ1) is 9.13. The second-order valence-corrected chi connectivity index (χ2v) is 4.64. The van der Waals surface area contributed by atoms with Crippen LogP contribution >= 0.6 is 0 Å². The second-order valence-electron chi connectivity index (χ2n) is 4.64. The third kappa shape index (κ3) is 4.37. The summed E-state index contributed by atoms with van der Waals surface area (Å²) in [6, 6.07) is 8.24. The molecule has 2 rings (SSSR count). The highest BCUT2D eigenvalue weighted by atomic mass is 16.5. The van der Waals surface area contributed by atoms with E-state index >= 15 is 0 Å². The Morgan fingerprint density at radius 3 is 2.63 bits per heavy atom. The Morgan fingerprint density at radius 2 is 2.00 bits per heavy atom. The van der Waals surface area contributed by atoms with Crippen molar-refractivity contribution < 1.29 is 9.26 Å². The summed E-state index contributed by atoms with van der Waals surface area (Å²) < 4.78 is 10.6. The molecule has 0 saturated heterocycles. The van der Waals surface area contributed by atoms with E-state index in [1.165, 1.54) is 5.56 Å². The largest absolute Gasteiger partial charge is 0.492 e. The van der Waals surface area contributed by atoms with Crippen LogP contribution in [-0.2, 0) is 6.54 Å². The van der Waals surface area contributed by atoms with Gasteiger partial charge in [-0.05, 0) is 26.0 Å². The summed E-state index contributed by atoms with van der Waals surface area (Å²) in [5.41, 5.74) is 1.23. The number of hydrogen-bond donors (Lipinski definition) is 1. The van der Waals surface area contributed by atoms with Crippen LogP contribution in [0.2, 0.25) is 0 Å². The van der Waals surface area contributed by atoms with E-state index < -0.39 is 0 Å². The number of hydrogen-bond acceptors (Lipinski definition) is 5. The van der Waals surface area contributed by atoms with Crippen LogP contribution in [0, 0.1) is 13.8 Å². The molecular weight excluding hydrogens is 242 g/mol. The molecule has 2 aromatic rings. The molecule has 0 saturated carbocycles. The van der Waals surface area contributed by atoms with Gasteiger partial charge in [0.15, 0.2) is 5.82 Å². The van der Waals surface area contributed by atoms with Gasteiger partial charge in [-0.2, -0.15) is 4.98 Å². The molecule has 0 aliphatic rings. The summed E-state index contributed by atoms with van der Waals surface area (Å²) in [6.07, 6.45) is 0. The number of benzene rings is 1. The van der Waals surface area contributed by atoms with Gasteiger partial charge in [0.1, 0.15) is 12.4 Å². The Morgan fingerprint density at radius 1 is 1.26 bits per heavy atom. The number of rotatable bonds is 6. The lowest BCUT2D eigenvalue weighted by atomic mass is 10.2. The second kappa shape index (κ2) is 6.33. The summed E-state index contributed by atoms with van der Waals surface area (Å²) in [5.74, 6) is 2.13. The van der Waals surface area contributed by atoms with Gasteiger partial charge in [-0.25, -0.2) is 0 Å². The van der Waals surface area contributed by atoms with Crippen LogP contribution in [0.5, 0.6) is 5.75 Å². The lowest BCUT2D eigenvalue weighted by molar-refractivity contribution is 0.271. The van der Waals surface area contributed by atoms with E-state index in [9.17, 15) is 0 Å². The molecule has 102 valence electrons. The molecule has 0 bridgehead atoms. The monoisotopic (exact) mass is 261 g/mol. The molecule has 0 fully saturated rings. The zero-order valence-corrected chi connectivity index (χ0v) is 11.5. The third-order valence-electron chi connectivity index (χ3n) is 2.70. The molecule has 1 N–H and O–H groups in total. The van der Waals surface area contributed by atoms with E-state index in [0.29, 0.717) is 24.9 Å². The van der Waals surface area contributed by atoms with Crippen molar-refractivity contribution in [2.45, 2.75) is 33.4 Å². The summed E-state index contributed by atoms with van der Waals surface area (Å²) >= 11 is 0. The first kappa shape index (κ1) is 13.5. The number of nitrogens with one attached hydrogen (secondary N) is 1. The molecule has 1 heterocycles. The van der Waals surface area contributed by atoms with Crippen molar-refractivity contribution >= 4 is 0 Å². The first-order valence-corrected chi connectivity index (χ1v) is 6.35. The molecule has 0 aliphatic carbocycles. The van der Waals surface area contributed by atoms with Crippen LogP contribution in [0.25, 0.3) is 0 Å². The molecule has 1 unspecified atom stereocenters. The molecule has 0 aliphatic heterocycles. The van der Waals surface area contributed by atoms with Gasteiger partial charge in [-0.15, -0.1) is 0 Å². The van der Waals surface area contributed by atoms with Crippen molar-refractivity contribution in [3.8, 4) is 5.75 Å². The van der Waals surface area contributed by atoms with Gasteiger partial charge in [0.25, 0.3) is 0 Å². The first-order valence-electron chi connectivity index (χ1n) is 6.35. The van der Waals surface area contributed by atoms with Gasteiger partial charge >= 0.3 is 0 Å². The molecule has 5 heteroatoms. The van der Waals surface area contributed by atoms with Gasteiger partial charge in [0.2, 0.25) is 5.89 Å². The minimum atomic E-state index is 0.208. The van der Waals surface area contributed by atoms with Gasteiger partial charge in [0.05, 0.1) is 6.54 Å². The van der Waals surface area contributed by atoms with E-state index in [2.05, 4.69) is 29.3 Å². The predicted octanol–water partition coefficient (Wildman–Crippen LogP) is 2.24. The SMILES string of the molecule is Cc1ccc(OCC(C)NCc2noc(C)n2)cc1. The Labute approximate surface area is 113 Å². The highest BCUT2D eigenvalue weighted by Gasteiger charge is 2.06. The smallest absolute Gasteiger partial charge is 0.223 e. The molecule has 1 atom stereocenters. The average Bonchev–Trinajstić information content (AvgIpc) is 2.81. The van der Waals surface area contributed by atoms with Crippen molar-refractivity contribution in [1.29, 1.82) is 0 Å². The van der Waals surface area contributed by atoms with E-state index in [-0.39, 0.29) is 6.04 Å². The van der Waals surface area contributed by atoms with Gasteiger partial charge in [-0.1, -0.05) is 22.9 Å². The van der Waals surface area contributed by atoms with E-state index in [1.54, 1.807) is 6.92 Å². The van der Waals surface area contributed by atoms with Crippen molar-refractivity contribution in [2.75, 3.05) is 6.61 Å². The maximum Gasteiger partial charge on any atom is 0.223 e. The topological polar surface area (TPSA) is 60.2 Å². The zero-order chi connectivity index (χ0) is 13.7. The third-order valence-corrected chi connectivity index (χ3v) is 2.70. The van der Waals surface area contributed by atoms with Crippen LogP contribution < -0.4 is 10.1 Å². The Hall–Kier alpha value is -1.88. The van der Waals surface area contributed by atoms with Gasteiger partial charge < -0.3 is 14.6 Å². The maximum absolute atomic E-state index is 5.69. The standard InChI is InChI=1S/C14H19N3O2/c1-10-4-6-13(7-5-10)18-9-11(2)15-8-14-16-12(3)19-17-14/h4-7,11,15H,8-9H2,1-3H3. The highest BCUT2D eigenvalue weighted by Crippen LogP contribution is 2.11. The maximum atomic E-state index is 5.69. The number of aromatic nitrogens is 2. The fraction of sp³-hybridized carbons (Fsp3) is 0.429. The van der Waals surface area contributed by atoms with E-state index in [4.69, 9.17) is 9.26 Å². The number of ether oxygens (including phenoxy) is 1. The summed E-state index contributed by atoms with van der Waals surface area (Å²) in [5, 5.41) is 7.11. The minimum absolute atomic E-state index is 0.208. The lowest BCUT2D eigenvalue weighted by Gasteiger charge is -2.13. The summed E-state index contributed by atoms with van der Waals surface area (Å²) in [6.45, 7) is 7.07. The van der Waals surface area contributed by atoms with E-state index in [0.717, 1.165) is 5.75 Å². The molecule has 1 aromatic carbocycles. The summed E-state index contributed by atoms with van der Waals surface area (Å²) in [4.78, 5) is 4.13. The summed E-state index contributed by atoms with van der Waals surface area (Å²) in [7, 11) is 0. The van der Waals surface area contributed by atoms with Crippen LogP contribution in [-0.4, -0.2) is 22.8 Å². The van der Waals surface area contributed by atoms with Gasteiger partial charge in [0, 0.05) is 13.0 Å². The molecule has 0 amide bonds. The molecule has 0 radical (unpaired) electrons. The molecular formula is C14H19N3O2. The predicted molar refractivity (Wildman–Crippen MR) is 72.0 cm³/mol. The van der Waals surface area contributed by atoms with Gasteiger partial charge in [-0.3, -0.25) is 0 Å². The van der Waals surface area contributed by atoms with Crippen molar-refractivity contribution in [3.63, 3.8) is 0 Å². The molecule has 5 nitrogen and oxygen atoms in total. The molecule has 0 spiro atoms. The Balaban J connectivity index is 1.72. The Kier molecular flexibility index (Phi) is 4.52.